The molecule has 0 aliphatic heterocycles. The summed E-state index contributed by atoms with van der Waals surface area (Å²) in [5.41, 5.74) is 2.26. The Balaban J connectivity index is 2.24. The minimum absolute atomic E-state index is 0.0555. The summed E-state index contributed by atoms with van der Waals surface area (Å²) in [6, 6.07) is 0.0555. The average molecular weight is 326 g/mol. The maximum atomic E-state index is 5.13. The van der Waals surface area contributed by atoms with Crippen LogP contribution in [0.3, 0.4) is 0 Å². The highest BCUT2D eigenvalue weighted by molar-refractivity contribution is 7.11. The Labute approximate surface area is 134 Å². The minimum Gasteiger partial charge on any atom is -0.383 e. The molecule has 0 saturated heterocycles. The number of nitrogens with one attached hydrogen (secondary N) is 1. The molecule has 0 bridgehead atoms. The van der Waals surface area contributed by atoms with Crippen LogP contribution in [0.15, 0.2) is 10.8 Å². The van der Waals surface area contributed by atoms with Gasteiger partial charge in [-0.3, -0.25) is 5.32 Å². The van der Waals surface area contributed by atoms with Crippen molar-refractivity contribution >= 4 is 22.7 Å². The van der Waals surface area contributed by atoms with E-state index in [0.29, 0.717) is 6.61 Å². The monoisotopic (exact) mass is 325 g/mol. The van der Waals surface area contributed by atoms with Gasteiger partial charge in [0.05, 0.1) is 12.3 Å². The third-order valence-electron chi connectivity index (χ3n) is 3.08. The van der Waals surface area contributed by atoms with Crippen LogP contribution in [0.2, 0.25) is 0 Å². The first-order valence-electron chi connectivity index (χ1n) is 7.02. The standard InChI is InChI=1S/C15H23N3OS2/c1-10-8-20-13(17-10)12(16-6-7-19-5)14-18-11(9-21-14)15(2,3)4/h8-9,12,16H,6-7H2,1-5H3. The van der Waals surface area contributed by atoms with Crippen LogP contribution in [0, 0.1) is 6.92 Å². The van der Waals surface area contributed by atoms with Gasteiger partial charge in [-0.15, -0.1) is 22.7 Å². The lowest BCUT2D eigenvalue weighted by atomic mass is 9.93. The molecule has 2 heterocycles. The predicted octanol–water partition coefficient (Wildman–Crippen LogP) is 3.53. The van der Waals surface area contributed by atoms with Crippen molar-refractivity contribution in [2.24, 2.45) is 0 Å². The summed E-state index contributed by atoms with van der Waals surface area (Å²) in [5.74, 6) is 0. The number of hydrogen-bond donors (Lipinski definition) is 1. The fourth-order valence-electron chi connectivity index (χ4n) is 1.86. The molecule has 0 aliphatic carbocycles. The number of hydrogen-bond acceptors (Lipinski definition) is 6. The molecule has 4 nitrogen and oxygen atoms in total. The first-order valence-corrected chi connectivity index (χ1v) is 8.78. The zero-order chi connectivity index (χ0) is 15.5. The predicted molar refractivity (Wildman–Crippen MR) is 89.4 cm³/mol. The molecule has 0 radical (unpaired) electrons. The Morgan fingerprint density at radius 1 is 1.19 bits per heavy atom. The van der Waals surface area contributed by atoms with E-state index >= 15 is 0 Å². The summed E-state index contributed by atoms with van der Waals surface area (Å²) >= 11 is 3.38. The highest BCUT2D eigenvalue weighted by atomic mass is 32.1. The molecule has 0 spiro atoms. The fourth-order valence-corrected chi connectivity index (χ4v) is 3.92. The van der Waals surface area contributed by atoms with Gasteiger partial charge in [0, 0.05) is 35.5 Å². The van der Waals surface area contributed by atoms with E-state index < -0.39 is 0 Å². The Hall–Kier alpha value is -0.820. The Morgan fingerprint density at radius 2 is 1.86 bits per heavy atom. The summed E-state index contributed by atoms with van der Waals surface area (Å²) in [6.07, 6.45) is 0. The molecule has 0 aromatic carbocycles. The topological polar surface area (TPSA) is 47.0 Å². The molecule has 2 aromatic rings. The number of rotatable bonds is 6. The van der Waals surface area contributed by atoms with Crippen LogP contribution in [0.25, 0.3) is 0 Å². The number of aromatic nitrogens is 2. The maximum Gasteiger partial charge on any atom is 0.117 e. The van der Waals surface area contributed by atoms with Crippen molar-refractivity contribution in [2.75, 3.05) is 20.3 Å². The number of ether oxygens (including phenoxy) is 1. The molecule has 116 valence electrons. The van der Waals surface area contributed by atoms with E-state index in [1.54, 1.807) is 29.8 Å². The van der Waals surface area contributed by atoms with Gasteiger partial charge in [-0.25, -0.2) is 9.97 Å². The second-order valence-electron chi connectivity index (χ2n) is 6.03. The first-order chi connectivity index (χ1) is 9.91. The molecule has 0 aliphatic rings. The van der Waals surface area contributed by atoms with Crippen LogP contribution in [0.5, 0.6) is 0 Å². The molecular formula is C15H23N3OS2. The lowest BCUT2D eigenvalue weighted by Crippen LogP contribution is -2.26. The van der Waals surface area contributed by atoms with Crippen LogP contribution < -0.4 is 5.32 Å². The number of thiazole rings is 2. The van der Waals surface area contributed by atoms with Crippen molar-refractivity contribution in [2.45, 2.75) is 39.2 Å². The van der Waals surface area contributed by atoms with Gasteiger partial charge in [-0.1, -0.05) is 20.8 Å². The number of aryl methyl sites for hydroxylation is 1. The molecule has 0 amide bonds. The zero-order valence-electron chi connectivity index (χ0n) is 13.3. The molecule has 6 heteroatoms. The largest absolute Gasteiger partial charge is 0.383 e. The maximum absolute atomic E-state index is 5.13. The zero-order valence-corrected chi connectivity index (χ0v) is 14.9. The molecule has 2 aromatic heterocycles. The van der Waals surface area contributed by atoms with Crippen LogP contribution in [0.1, 0.15) is 48.2 Å². The smallest absolute Gasteiger partial charge is 0.117 e. The van der Waals surface area contributed by atoms with Gasteiger partial charge < -0.3 is 4.74 Å². The van der Waals surface area contributed by atoms with Gasteiger partial charge in [0.15, 0.2) is 0 Å². The molecule has 2 rings (SSSR count). The van der Waals surface area contributed by atoms with E-state index in [1.807, 2.05) is 6.92 Å². The second-order valence-corrected chi connectivity index (χ2v) is 7.81. The lowest BCUT2D eigenvalue weighted by molar-refractivity contribution is 0.197. The van der Waals surface area contributed by atoms with E-state index in [0.717, 1.165) is 27.9 Å². The molecule has 0 fully saturated rings. The van der Waals surface area contributed by atoms with Gasteiger partial charge >= 0.3 is 0 Å². The van der Waals surface area contributed by atoms with Crippen molar-refractivity contribution < 1.29 is 4.74 Å². The minimum atomic E-state index is 0.0555. The Kier molecular flexibility index (Phi) is 5.48. The molecule has 1 N–H and O–H groups in total. The number of nitrogens with zero attached hydrogens (tertiary/aromatic N) is 2. The van der Waals surface area contributed by atoms with Crippen molar-refractivity contribution in [1.29, 1.82) is 0 Å². The van der Waals surface area contributed by atoms with Crippen molar-refractivity contribution in [1.82, 2.24) is 15.3 Å². The van der Waals surface area contributed by atoms with E-state index in [2.05, 4.69) is 41.8 Å². The second kappa shape index (κ2) is 6.96. The highest BCUT2D eigenvalue weighted by Gasteiger charge is 2.24. The van der Waals surface area contributed by atoms with E-state index in [-0.39, 0.29) is 11.5 Å². The van der Waals surface area contributed by atoms with Crippen molar-refractivity contribution in [3.05, 3.63) is 32.2 Å². The summed E-state index contributed by atoms with van der Waals surface area (Å²) in [4.78, 5) is 9.45. The Morgan fingerprint density at radius 3 is 2.38 bits per heavy atom. The third kappa shape index (κ3) is 4.32. The third-order valence-corrected chi connectivity index (χ3v) is 5.01. The average Bonchev–Trinajstić information content (AvgIpc) is 3.03. The van der Waals surface area contributed by atoms with E-state index in [4.69, 9.17) is 9.72 Å². The summed E-state index contributed by atoms with van der Waals surface area (Å²) < 4.78 is 5.13. The SMILES string of the molecule is COCCNC(c1nc(C)cs1)c1nc(C(C)(C)C)cs1. The fraction of sp³-hybridized carbons (Fsp3) is 0.600. The van der Waals surface area contributed by atoms with Gasteiger partial charge in [0.2, 0.25) is 0 Å². The van der Waals surface area contributed by atoms with Crippen LogP contribution in [0.4, 0.5) is 0 Å². The van der Waals surface area contributed by atoms with Crippen LogP contribution >= 0.6 is 22.7 Å². The van der Waals surface area contributed by atoms with Gasteiger partial charge in [-0.2, -0.15) is 0 Å². The van der Waals surface area contributed by atoms with Crippen molar-refractivity contribution in [3.8, 4) is 0 Å². The molecular weight excluding hydrogens is 302 g/mol. The quantitative estimate of drug-likeness (QED) is 0.825. The Bertz CT molecular complexity index is 571. The molecule has 1 atom stereocenters. The van der Waals surface area contributed by atoms with Gasteiger partial charge in [0.25, 0.3) is 0 Å². The van der Waals surface area contributed by atoms with Crippen LogP contribution in [-0.2, 0) is 10.2 Å². The van der Waals surface area contributed by atoms with E-state index in [9.17, 15) is 0 Å². The first kappa shape index (κ1) is 16.5. The molecule has 0 saturated carbocycles. The molecule has 1 unspecified atom stereocenters. The summed E-state index contributed by atoms with van der Waals surface area (Å²) in [5, 5.41) is 9.88. The molecule has 21 heavy (non-hydrogen) atoms. The van der Waals surface area contributed by atoms with Crippen LogP contribution in [-0.4, -0.2) is 30.2 Å². The highest BCUT2D eigenvalue weighted by Crippen LogP contribution is 2.31. The van der Waals surface area contributed by atoms with Gasteiger partial charge in [0.1, 0.15) is 16.1 Å². The lowest BCUT2D eigenvalue weighted by Gasteiger charge is -2.16. The van der Waals surface area contributed by atoms with Crippen molar-refractivity contribution in [3.63, 3.8) is 0 Å². The van der Waals surface area contributed by atoms with E-state index in [1.165, 1.54) is 0 Å². The normalized spacial score (nSPS) is 13.6. The summed E-state index contributed by atoms with van der Waals surface area (Å²) in [7, 11) is 1.71. The number of methoxy groups -OCH3 is 1. The summed E-state index contributed by atoms with van der Waals surface area (Å²) in [6.45, 7) is 10.0. The van der Waals surface area contributed by atoms with Gasteiger partial charge in [-0.05, 0) is 6.92 Å².